The third-order valence-electron chi connectivity index (χ3n) is 3.00. The summed E-state index contributed by atoms with van der Waals surface area (Å²) in [6.45, 7) is 0. The SMILES string of the molecule is NC(=O)C1=C(C2CCCC2)NC(=O)C1. The third-order valence-corrected chi connectivity index (χ3v) is 3.00. The van der Waals surface area contributed by atoms with Crippen LogP contribution in [-0.2, 0) is 9.59 Å². The van der Waals surface area contributed by atoms with Crippen molar-refractivity contribution in [2.24, 2.45) is 11.7 Å². The van der Waals surface area contributed by atoms with E-state index in [2.05, 4.69) is 5.32 Å². The van der Waals surface area contributed by atoms with Gasteiger partial charge in [0.05, 0.1) is 6.42 Å². The number of nitrogens with one attached hydrogen (secondary N) is 1. The molecule has 1 heterocycles. The molecule has 0 aromatic heterocycles. The molecule has 76 valence electrons. The summed E-state index contributed by atoms with van der Waals surface area (Å²) in [5.41, 5.74) is 6.54. The molecule has 2 aliphatic rings. The van der Waals surface area contributed by atoms with Gasteiger partial charge in [-0.1, -0.05) is 12.8 Å². The summed E-state index contributed by atoms with van der Waals surface area (Å²) in [5.74, 6) is -0.199. The first-order valence-corrected chi connectivity index (χ1v) is 5.01. The molecule has 0 atom stereocenters. The van der Waals surface area contributed by atoms with Crippen molar-refractivity contribution in [2.75, 3.05) is 0 Å². The van der Waals surface area contributed by atoms with Crippen LogP contribution in [0.1, 0.15) is 32.1 Å². The van der Waals surface area contributed by atoms with Gasteiger partial charge < -0.3 is 11.1 Å². The van der Waals surface area contributed by atoms with Crippen LogP contribution >= 0.6 is 0 Å². The van der Waals surface area contributed by atoms with Crippen LogP contribution in [0.15, 0.2) is 11.3 Å². The van der Waals surface area contributed by atoms with Gasteiger partial charge in [0.1, 0.15) is 0 Å². The maximum Gasteiger partial charge on any atom is 0.246 e. The molecule has 0 saturated heterocycles. The summed E-state index contributed by atoms with van der Waals surface area (Å²) in [5, 5.41) is 2.77. The molecule has 0 aromatic rings. The highest BCUT2D eigenvalue weighted by Crippen LogP contribution is 2.33. The molecule has 1 aliphatic heterocycles. The predicted molar refractivity (Wildman–Crippen MR) is 50.9 cm³/mol. The van der Waals surface area contributed by atoms with Gasteiger partial charge in [-0.25, -0.2) is 0 Å². The number of allylic oxidation sites excluding steroid dienone is 1. The van der Waals surface area contributed by atoms with Gasteiger partial charge in [-0.3, -0.25) is 9.59 Å². The Balaban J connectivity index is 2.24. The summed E-state index contributed by atoms with van der Waals surface area (Å²) in [7, 11) is 0. The highest BCUT2D eigenvalue weighted by molar-refractivity contribution is 6.02. The average Bonchev–Trinajstić information content (AvgIpc) is 2.70. The topological polar surface area (TPSA) is 72.2 Å². The van der Waals surface area contributed by atoms with E-state index in [1.807, 2.05) is 0 Å². The lowest BCUT2D eigenvalue weighted by molar-refractivity contribution is -0.120. The van der Waals surface area contributed by atoms with Crippen LogP contribution in [-0.4, -0.2) is 11.8 Å². The van der Waals surface area contributed by atoms with Crippen LogP contribution in [0, 0.1) is 5.92 Å². The Kier molecular flexibility index (Phi) is 2.27. The molecule has 2 rings (SSSR count). The van der Waals surface area contributed by atoms with Crippen molar-refractivity contribution in [3.8, 4) is 0 Å². The molecule has 0 aromatic carbocycles. The summed E-state index contributed by atoms with van der Waals surface area (Å²) >= 11 is 0. The van der Waals surface area contributed by atoms with Gasteiger partial charge in [-0.05, 0) is 18.8 Å². The number of primary amides is 1. The van der Waals surface area contributed by atoms with Crippen molar-refractivity contribution in [3.63, 3.8) is 0 Å². The Morgan fingerprint density at radius 1 is 1.36 bits per heavy atom. The van der Waals surface area contributed by atoms with Crippen molar-refractivity contribution in [3.05, 3.63) is 11.3 Å². The van der Waals surface area contributed by atoms with Crippen LogP contribution in [0.5, 0.6) is 0 Å². The molecule has 0 unspecified atom stereocenters. The second-order valence-electron chi connectivity index (χ2n) is 3.96. The predicted octanol–water partition coefficient (Wildman–Crippen LogP) is 0.436. The van der Waals surface area contributed by atoms with E-state index < -0.39 is 5.91 Å². The Hall–Kier alpha value is -1.32. The lowest BCUT2D eigenvalue weighted by atomic mass is 10.00. The molecule has 0 radical (unpaired) electrons. The molecule has 14 heavy (non-hydrogen) atoms. The number of amides is 2. The zero-order valence-corrected chi connectivity index (χ0v) is 8.01. The molecule has 1 aliphatic carbocycles. The summed E-state index contributed by atoms with van der Waals surface area (Å²) in [6.07, 6.45) is 4.64. The average molecular weight is 194 g/mol. The van der Waals surface area contributed by atoms with Crippen molar-refractivity contribution >= 4 is 11.8 Å². The minimum absolute atomic E-state index is 0.0966. The maximum absolute atomic E-state index is 11.2. The largest absolute Gasteiger partial charge is 0.366 e. The Morgan fingerprint density at radius 3 is 2.57 bits per heavy atom. The minimum Gasteiger partial charge on any atom is -0.366 e. The van der Waals surface area contributed by atoms with Crippen molar-refractivity contribution in [2.45, 2.75) is 32.1 Å². The van der Waals surface area contributed by atoms with Gasteiger partial charge >= 0.3 is 0 Å². The Morgan fingerprint density at radius 2 is 2.00 bits per heavy atom. The molecule has 2 amide bonds. The van der Waals surface area contributed by atoms with E-state index in [-0.39, 0.29) is 12.3 Å². The van der Waals surface area contributed by atoms with Gasteiger partial charge in [0.15, 0.2) is 0 Å². The monoisotopic (exact) mass is 194 g/mol. The van der Waals surface area contributed by atoms with Gasteiger partial charge in [-0.2, -0.15) is 0 Å². The fraction of sp³-hybridized carbons (Fsp3) is 0.600. The van der Waals surface area contributed by atoms with Crippen molar-refractivity contribution in [1.82, 2.24) is 5.32 Å². The minimum atomic E-state index is -0.453. The zero-order valence-electron chi connectivity index (χ0n) is 8.01. The summed E-state index contributed by atoms with van der Waals surface area (Å²) in [6, 6.07) is 0. The van der Waals surface area contributed by atoms with Gasteiger partial charge in [0, 0.05) is 11.3 Å². The fourth-order valence-corrected chi connectivity index (χ4v) is 2.31. The first-order valence-electron chi connectivity index (χ1n) is 5.01. The van der Waals surface area contributed by atoms with Gasteiger partial charge in [0.25, 0.3) is 0 Å². The molecule has 4 heteroatoms. The molecule has 3 N–H and O–H groups in total. The number of carbonyl (C=O) groups is 2. The smallest absolute Gasteiger partial charge is 0.246 e. The Bertz CT molecular complexity index is 314. The van der Waals surface area contributed by atoms with E-state index >= 15 is 0 Å². The van der Waals surface area contributed by atoms with E-state index in [0.717, 1.165) is 18.5 Å². The molecule has 4 nitrogen and oxygen atoms in total. The first kappa shape index (κ1) is 9.24. The van der Waals surface area contributed by atoms with Crippen LogP contribution in [0.4, 0.5) is 0 Å². The molecule has 0 bridgehead atoms. The maximum atomic E-state index is 11.2. The lowest BCUT2D eigenvalue weighted by Gasteiger charge is -2.11. The van der Waals surface area contributed by atoms with Crippen LogP contribution in [0.25, 0.3) is 0 Å². The van der Waals surface area contributed by atoms with Crippen LogP contribution in [0.3, 0.4) is 0 Å². The number of hydrogen-bond donors (Lipinski definition) is 2. The van der Waals surface area contributed by atoms with E-state index in [1.165, 1.54) is 12.8 Å². The van der Waals surface area contributed by atoms with E-state index in [0.29, 0.717) is 11.5 Å². The van der Waals surface area contributed by atoms with Gasteiger partial charge in [-0.15, -0.1) is 0 Å². The standard InChI is InChI=1S/C10H14N2O2/c11-10(14)7-5-8(13)12-9(7)6-3-1-2-4-6/h6H,1-5H2,(H2,11,14)(H,12,13). The van der Waals surface area contributed by atoms with Gasteiger partial charge in [0.2, 0.25) is 11.8 Å². The zero-order chi connectivity index (χ0) is 10.1. The molecule has 1 saturated carbocycles. The number of nitrogens with two attached hydrogens (primary N) is 1. The molecular formula is C10H14N2O2. The normalized spacial score (nSPS) is 23.0. The number of rotatable bonds is 2. The Labute approximate surface area is 82.5 Å². The highest BCUT2D eigenvalue weighted by Gasteiger charge is 2.31. The fourth-order valence-electron chi connectivity index (χ4n) is 2.31. The quantitative estimate of drug-likeness (QED) is 0.669. The second kappa shape index (κ2) is 3.44. The number of carbonyl (C=O) groups excluding carboxylic acids is 2. The molecule has 0 spiro atoms. The van der Waals surface area contributed by atoms with Crippen molar-refractivity contribution < 1.29 is 9.59 Å². The molecular weight excluding hydrogens is 180 g/mol. The van der Waals surface area contributed by atoms with E-state index in [1.54, 1.807) is 0 Å². The highest BCUT2D eigenvalue weighted by atomic mass is 16.2. The summed E-state index contributed by atoms with van der Waals surface area (Å²) < 4.78 is 0. The lowest BCUT2D eigenvalue weighted by Crippen LogP contribution is -2.20. The van der Waals surface area contributed by atoms with E-state index in [4.69, 9.17) is 5.73 Å². The van der Waals surface area contributed by atoms with Crippen LogP contribution < -0.4 is 11.1 Å². The second-order valence-corrected chi connectivity index (χ2v) is 3.96. The number of hydrogen-bond acceptors (Lipinski definition) is 2. The molecule has 1 fully saturated rings. The first-order chi connectivity index (χ1) is 6.68. The van der Waals surface area contributed by atoms with Crippen LogP contribution in [0.2, 0.25) is 0 Å². The van der Waals surface area contributed by atoms with Crippen molar-refractivity contribution in [1.29, 1.82) is 0 Å². The summed E-state index contributed by atoms with van der Waals surface area (Å²) in [4.78, 5) is 22.3. The van der Waals surface area contributed by atoms with E-state index in [9.17, 15) is 9.59 Å². The third kappa shape index (κ3) is 1.52.